The van der Waals surface area contributed by atoms with Gasteiger partial charge in [-0.05, 0) is 35.8 Å². The fraction of sp³-hybridized carbons (Fsp3) is 0.167. The molecule has 1 heterocycles. The van der Waals surface area contributed by atoms with Crippen LogP contribution in [0.25, 0.3) is 0 Å². The molecular formula is C12H11BrN4O3. The molecule has 2 N–H and O–H groups in total. The Morgan fingerprint density at radius 2 is 2.15 bits per heavy atom. The first-order valence-electron chi connectivity index (χ1n) is 5.67. The number of anilines is 1. The Labute approximate surface area is 122 Å². The van der Waals surface area contributed by atoms with Crippen LogP contribution in [0.3, 0.4) is 0 Å². The van der Waals surface area contributed by atoms with Crippen molar-refractivity contribution >= 4 is 33.2 Å². The van der Waals surface area contributed by atoms with Crippen molar-refractivity contribution in [2.45, 2.75) is 13.8 Å². The molecule has 0 aliphatic rings. The Morgan fingerprint density at radius 3 is 2.65 bits per heavy atom. The quantitative estimate of drug-likeness (QED) is 0.663. The van der Waals surface area contributed by atoms with E-state index < -0.39 is 4.92 Å². The first-order chi connectivity index (χ1) is 9.40. The molecule has 20 heavy (non-hydrogen) atoms. The lowest BCUT2D eigenvalue weighted by Crippen LogP contribution is -2.14. The van der Waals surface area contributed by atoms with Crippen LogP contribution in [-0.2, 0) is 0 Å². The number of H-pyrrole nitrogens is 1. The summed E-state index contributed by atoms with van der Waals surface area (Å²) in [5.41, 5.74) is 2.14. The molecular weight excluding hydrogens is 328 g/mol. The second kappa shape index (κ2) is 5.41. The monoisotopic (exact) mass is 338 g/mol. The SMILES string of the molecule is Cc1n[nH]c(C)c1C(=O)Nc1ccc([N+](=O)[O-])cc1Br. The molecule has 0 saturated carbocycles. The highest BCUT2D eigenvalue weighted by Crippen LogP contribution is 2.27. The fourth-order valence-electron chi connectivity index (χ4n) is 1.79. The Kier molecular flexibility index (Phi) is 3.84. The van der Waals surface area contributed by atoms with E-state index in [9.17, 15) is 14.9 Å². The molecule has 0 aliphatic heterocycles. The number of nitrogens with one attached hydrogen (secondary N) is 2. The zero-order valence-electron chi connectivity index (χ0n) is 10.7. The van der Waals surface area contributed by atoms with Crippen molar-refractivity contribution in [3.63, 3.8) is 0 Å². The number of benzene rings is 1. The number of hydrogen-bond acceptors (Lipinski definition) is 4. The molecule has 1 aromatic heterocycles. The van der Waals surface area contributed by atoms with Crippen LogP contribution >= 0.6 is 15.9 Å². The molecule has 0 radical (unpaired) electrons. The highest BCUT2D eigenvalue weighted by molar-refractivity contribution is 9.10. The third-order valence-electron chi connectivity index (χ3n) is 2.77. The Balaban J connectivity index is 2.27. The molecule has 8 heteroatoms. The molecule has 0 bridgehead atoms. The summed E-state index contributed by atoms with van der Waals surface area (Å²) in [5.74, 6) is -0.316. The van der Waals surface area contributed by atoms with E-state index in [0.29, 0.717) is 27.1 Å². The lowest BCUT2D eigenvalue weighted by atomic mass is 10.2. The van der Waals surface area contributed by atoms with Crippen molar-refractivity contribution in [2.75, 3.05) is 5.32 Å². The van der Waals surface area contributed by atoms with Gasteiger partial charge in [-0.2, -0.15) is 5.10 Å². The summed E-state index contributed by atoms with van der Waals surface area (Å²) >= 11 is 3.20. The summed E-state index contributed by atoms with van der Waals surface area (Å²) < 4.78 is 0.443. The van der Waals surface area contributed by atoms with Crippen molar-refractivity contribution < 1.29 is 9.72 Å². The first-order valence-corrected chi connectivity index (χ1v) is 6.46. The van der Waals surface area contributed by atoms with Crippen LogP contribution < -0.4 is 5.32 Å². The van der Waals surface area contributed by atoms with Crippen molar-refractivity contribution in [1.29, 1.82) is 0 Å². The van der Waals surface area contributed by atoms with E-state index in [1.54, 1.807) is 13.8 Å². The number of amides is 1. The van der Waals surface area contributed by atoms with E-state index in [-0.39, 0.29) is 11.6 Å². The number of aromatic amines is 1. The lowest BCUT2D eigenvalue weighted by Gasteiger charge is -2.07. The van der Waals surface area contributed by atoms with E-state index >= 15 is 0 Å². The van der Waals surface area contributed by atoms with E-state index in [2.05, 4.69) is 31.4 Å². The van der Waals surface area contributed by atoms with E-state index in [1.165, 1.54) is 18.2 Å². The minimum Gasteiger partial charge on any atom is -0.321 e. The minimum atomic E-state index is -0.499. The van der Waals surface area contributed by atoms with Gasteiger partial charge in [-0.15, -0.1) is 0 Å². The van der Waals surface area contributed by atoms with Gasteiger partial charge in [0, 0.05) is 22.3 Å². The summed E-state index contributed by atoms with van der Waals surface area (Å²) in [7, 11) is 0. The standard InChI is InChI=1S/C12H11BrN4O3/c1-6-11(7(2)16-15-6)12(18)14-10-4-3-8(17(19)20)5-9(10)13/h3-5H,1-2H3,(H,14,18)(H,15,16). The first kappa shape index (κ1) is 14.2. The molecule has 104 valence electrons. The molecule has 0 spiro atoms. The molecule has 2 aromatic rings. The normalized spacial score (nSPS) is 10.3. The van der Waals surface area contributed by atoms with Gasteiger partial charge < -0.3 is 5.32 Å². The number of non-ortho nitro benzene ring substituents is 1. The number of nitrogens with zero attached hydrogens (tertiary/aromatic N) is 2. The number of carbonyl (C=O) groups is 1. The summed E-state index contributed by atoms with van der Waals surface area (Å²) in [6.45, 7) is 3.48. The molecule has 2 rings (SSSR count). The largest absolute Gasteiger partial charge is 0.321 e. The van der Waals surface area contributed by atoms with Gasteiger partial charge in [-0.25, -0.2) is 0 Å². The fourth-order valence-corrected chi connectivity index (χ4v) is 2.26. The second-order valence-corrected chi connectivity index (χ2v) is 5.04. The molecule has 0 atom stereocenters. The zero-order valence-corrected chi connectivity index (χ0v) is 12.3. The van der Waals surface area contributed by atoms with Gasteiger partial charge in [0.15, 0.2) is 0 Å². The van der Waals surface area contributed by atoms with Crippen molar-refractivity contribution in [2.24, 2.45) is 0 Å². The minimum absolute atomic E-state index is 0.0504. The van der Waals surface area contributed by atoms with Gasteiger partial charge in [0.25, 0.3) is 11.6 Å². The molecule has 1 amide bonds. The van der Waals surface area contributed by atoms with E-state index in [4.69, 9.17) is 0 Å². The maximum Gasteiger partial charge on any atom is 0.270 e. The number of nitro groups is 1. The number of carbonyl (C=O) groups excluding carboxylic acids is 1. The predicted octanol–water partition coefficient (Wildman–Crippen LogP) is 2.95. The van der Waals surface area contributed by atoms with Crippen LogP contribution in [0.5, 0.6) is 0 Å². The third kappa shape index (κ3) is 2.69. The third-order valence-corrected chi connectivity index (χ3v) is 3.42. The van der Waals surface area contributed by atoms with Crippen molar-refractivity contribution in [3.05, 3.63) is 49.7 Å². The molecule has 0 aliphatic carbocycles. The Hall–Kier alpha value is -2.22. The maximum absolute atomic E-state index is 12.2. The van der Waals surface area contributed by atoms with E-state index in [0.717, 1.165) is 0 Å². The van der Waals surface area contributed by atoms with Crippen LogP contribution in [0.1, 0.15) is 21.7 Å². The second-order valence-electron chi connectivity index (χ2n) is 4.18. The topological polar surface area (TPSA) is 101 Å². The number of hydrogen-bond donors (Lipinski definition) is 2. The van der Waals surface area contributed by atoms with Crippen LogP contribution in [0.2, 0.25) is 0 Å². The highest BCUT2D eigenvalue weighted by atomic mass is 79.9. The smallest absolute Gasteiger partial charge is 0.270 e. The zero-order chi connectivity index (χ0) is 14.9. The predicted molar refractivity (Wildman–Crippen MR) is 76.8 cm³/mol. The molecule has 0 saturated heterocycles. The highest BCUT2D eigenvalue weighted by Gasteiger charge is 2.17. The van der Waals surface area contributed by atoms with Gasteiger partial charge in [0.05, 0.1) is 21.9 Å². The molecule has 7 nitrogen and oxygen atoms in total. The summed E-state index contributed by atoms with van der Waals surface area (Å²) in [6, 6.07) is 4.14. The van der Waals surface area contributed by atoms with Gasteiger partial charge >= 0.3 is 0 Å². The number of aromatic nitrogens is 2. The number of halogens is 1. The van der Waals surface area contributed by atoms with Crippen LogP contribution in [-0.4, -0.2) is 21.0 Å². The van der Waals surface area contributed by atoms with Crippen LogP contribution in [0.4, 0.5) is 11.4 Å². The number of rotatable bonds is 3. The van der Waals surface area contributed by atoms with Gasteiger partial charge in [-0.1, -0.05) is 0 Å². The van der Waals surface area contributed by atoms with Crippen molar-refractivity contribution in [1.82, 2.24) is 10.2 Å². The van der Waals surface area contributed by atoms with Gasteiger partial charge in [0.1, 0.15) is 0 Å². The number of nitro benzene ring substituents is 1. The molecule has 0 unspecified atom stereocenters. The van der Waals surface area contributed by atoms with Crippen molar-refractivity contribution in [3.8, 4) is 0 Å². The van der Waals surface area contributed by atoms with Gasteiger partial charge in [0.2, 0.25) is 0 Å². The maximum atomic E-state index is 12.2. The summed E-state index contributed by atoms with van der Waals surface area (Å²) in [6.07, 6.45) is 0. The van der Waals surface area contributed by atoms with Gasteiger partial charge in [-0.3, -0.25) is 20.0 Å². The lowest BCUT2D eigenvalue weighted by molar-refractivity contribution is -0.384. The van der Waals surface area contributed by atoms with Crippen LogP contribution in [0.15, 0.2) is 22.7 Å². The van der Waals surface area contributed by atoms with E-state index in [1.807, 2.05) is 0 Å². The molecule has 0 fully saturated rings. The number of aryl methyl sites for hydroxylation is 2. The van der Waals surface area contributed by atoms with Crippen LogP contribution in [0, 0.1) is 24.0 Å². The summed E-state index contributed by atoms with van der Waals surface area (Å²) in [4.78, 5) is 22.3. The summed E-state index contributed by atoms with van der Waals surface area (Å²) in [5, 5.41) is 20.0. The Bertz CT molecular complexity index is 677. The Morgan fingerprint density at radius 1 is 1.45 bits per heavy atom. The molecule has 1 aromatic carbocycles. The average Bonchev–Trinajstić information content (AvgIpc) is 2.71. The average molecular weight is 339 g/mol.